The van der Waals surface area contributed by atoms with Crippen LogP contribution in [0.5, 0.6) is 5.88 Å². The Hall–Kier alpha value is -2.22. The maximum atomic E-state index is 5.12. The molecule has 1 saturated heterocycles. The summed E-state index contributed by atoms with van der Waals surface area (Å²) in [4.78, 5) is 10.7. The smallest absolute Gasteiger partial charge is 0.218 e. The molecule has 22 heavy (non-hydrogen) atoms. The van der Waals surface area contributed by atoms with Crippen molar-refractivity contribution in [2.45, 2.75) is 25.4 Å². The highest BCUT2D eigenvalue weighted by Gasteiger charge is 2.19. The van der Waals surface area contributed by atoms with Crippen molar-refractivity contribution in [2.75, 3.05) is 32.1 Å². The van der Waals surface area contributed by atoms with E-state index in [1.54, 1.807) is 13.3 Å². The van der Waals surface area contributed by atoms with Gasteiger partial charge in [0.1, 0.15) is 12.1 Å². The third kappa shape index (κ3) is 3.91. The van der Waals surface area contributed by atoms with Crippen LogP contribution in [0.25, 0.3) is 0 Å². The van der Waals surface area contributed by atoms with Crippen molar-refractivity contribution in [3.05, 3.63) is 24.8 Å². The van der Waals surface area contributed by atoms with E-state index in [-0.39, 0.29) is 0 Å². The zero-order chi connectivity index (χ0) is 15.2. The van der Waals surface area contributed by atoms with Gasteiger partial charge in [-0.05, 0) is 12.8 Å². The minimum absolute atomic E-state index is 0.447. The fourth-order valence-electron chi connectivity index (χ4n) is 2.64. The van der Waals surface area contributed by atoms with Crippen molar-refractivity contribution < 1.29 is 4.74 Å². The molecule has 0 atom stereocenters. The molecule has 3 heterocycles. The van der Waals surface area contributed by atoms with E-state index in [0.717, 1.165) is 44.8 Å². The summed E-state index contributed by atoms with van der Waals surface area (Å²) in [5, 5.41) is 11.3. The number of likely N-dealkylation sites (tertiary alicyclic amines) is 1. The fourth-order valence-corrected chi connectivity index (χ4v) is 2.64. The Bertz CT molecular complexity index is 566. The first-order valence-corrected chi connectivity index (χ1v) is 7.52. The Kier molecular flexibility index (Phi) is 4.79. The Labute approximate surface area is 129 Å². The highest BCUT2D eigenvalue weighted by atomic mass is 16.5. The van der Waals surface area contributed by atoms with E-state index in [1.165, 1.54) is 6.33 Å². The van der Waals surface area contributed by atoms with Gasteiger partial charge in [0.2, 0.25) is 5.88 Å². The quantitative estimate of drug-likeness (QED) is 0.839. The lowest BCUT2D eigenvalue weighted by molar-refractivity contribution is 0.208. The molecule has 0 amide bonds. The lowest BCUT2D eigenvalue weighted by atomic mass is 10.1. The maximum absolute atomic E-state index is 5.12. The SMILES string of the molecule is COc1cc(NC2CCN(CCn3ccnn3)CC2)ncn1. The van der Waals surface area contributed by atoms with E-state index in [9.17, 15) is 0 Å². The summed E-state index contributed by atoms with van der Waals surface area (Å²) in [7, 11) is 1.61. The van der Waals surface area contributed by atoms with Gasteiger partial charge in [-0.1, -0.05) is 5.21 Å². The van der Waals surface area contributed by atoms with Gasteiger partial charge in [-0.2, -0.15) is 0 Å². The molecule has 0 aromatic carbocycles. The molecule has 0 bridgehead atoms. The normalized spacial score (nSPS) is 16.6. The van der Waals surface area contributed by atoms with Gasteiger partial charge in [0.25, 0.3) is 0 Å². The van der Waals surface area contributed by atoms with Crippen molar-refractivity contribution >= 4 is 5.82 Å². The molecule has 0 unspecified atom stereocenters. The Morgan fingerprint density at radius 2 is 2.14 bits per heavy atom. The summed E-state index contributed by atoms with van der Waals surface area (Å²) in [5.74, 6) is 1.41. The number of aromatic nitrogens is 5. The summed E-state index contributed by atoms with van der Waals surface area (Å²) in [6, 6.07) is 2.28. The molecule has 118 valence electrons. The lowest BCUT2D eigenvalue weighted by Crippen LogP contribution is -2.40. The van der Waals surface area contributed by atoms with Gasteiger partial charge in [-0.3, -0.25) is 4.68 Å². The van der Waals surface area contributed by atoms with Crippen LogP contribution < -0.4 is 10.1 Å². The highest BCUT2D eigenvalue weighted by molar-refractivity contribution is 5.38. The lowest BCUT2D eigenvalue weighted by Gasteiger charge is -2.32. The number of piperidine rings is 1. The van der Waals surface area contributed by atoms with Crippen molar-refractivity contribution in [2.24, 2.45) is 0 Å². The van der Waals surface area contributed by atoms with Crippen LogP contribution in [0.2, 0.25) is 0 Å². The van der Waals surface area contributed by atoms with E-state index >= 15 is 0 Å². The van der Waals surface area contributed by atoms with Crippen molar-refractivity contribution in [3.8, 4) is 5.88 Å². The van der Waals surface area contributed by atoms with Gasteiger partial charge < -0.3 is 15.0 Å². The van der Waals surface area contributed by atoms with Gasteiger partial charge in [0.15, 0.2) is 0 Å². The minimum Gasteiger partial charge on any atom is -0.481 e. The number of anilines is 1. The summed E-state index contributed by atoms with van der Waals surface area (Å²) < 4.78 is 6.99. The van der Waals surface area contributed by atoms with Crippen LogP contribution in [0.15, 0.2) is 24.8 Å². The number of hydrogen-bond donors (Lipinski definition) is 1. The second-order valence-corrected chi connectivity index (χ2v) is 5.37. The topological polar surface area (TPSA) is 81.0 Å². The molecular formula is C14H21N7O. The van der Waals surface area contributed by atoms with E-state index in [1.807, 2.05) is 16.9 Å². The average Bonchev–Trinajstić information content (AvgIpc) is 3.08. The van der Waals surface area contributed by atoms with Gasteiger partial charge in [0.05, 0.1) is 19.9 Å². The fraction of sp³-hybridized carbons (Fsp3) is 0.571. The summed E-state index contributed by atoms with van der Waals surface area (Å²) in [6.07, 6.45) is 7.34. The van der Waals surface area contributed by atoms with Crippen LogP contribution in [0, 0.1) is 0 Å². The molecule has 0 aliphatic carbocycles. The molecule has 1 N–H and O–H groups in total. The highest BCUT2D eigenvalue weighted by Crippen LogP contribution is 2.17. The standard InChI is InChI=1S/C14H21N7O/c1-22-14-10-13(15-11-16-14)18-12-2-5-20(6-3-12)8-9-21-7-4-17-19-21/h4,7,10-12H,2-3,5-6,8-9H2,1H3,(H,15,16,18). The van der Waals surface area contributed by atoms with E-state index in [0.29, 0.717) is 11.9 Å². The van der Waals surface area contributed by atoms with Crippen LogP contribution in [0.1, 0.15) is 12.8 Å². The van der Waals surface area contributed by atoms with E-state index in [4.69, 9.17) is 4.74 Å². The Balaban J connectivity index is 1.43. The Morgan fingerprint density at radius 1 is 1.27 bits per heavy atom. The third-order valence-corrected chi connectivity index (χ3v) is 3.91. The molecule has 1 aliphatic rings. The number of hydrogen-bond acceptors (Lipinski definition) is 7. The zero-order valence-corrected chi connectivity index (χ0v) is 12.7. The maximum Gasteiger partial charge on any atom is 0.218 e. The molecule has 2 aromatic heterocycles. The number of rotatable bonds is 6. The molecule has 0 radical (unpaired) electrons. The molecule has 3 rings (SSSR count). The largest absolute Gasteiger partial charge is 0.481 e. The van der Waals surface area contributed by atoms with Crippen molar-refractivity contribution in [1.82, 2.24) is 29.9 Å². The summed E-state index contributed by atoms with van der Waals surface area (Å²) >= 11 is 0. The van der Waals surface area contributed by atoms with Crippen LogP contribution in [-0.2, 0) is 6.54 Å². The van der Waals surface area contributed by atoms with Gasteiger partial charge >= 0.3 is 0 Å². The summed E-state index contributed by atoms with van der Waals surface area (Å²) in [5.41, 5.74) is 0. The molecule has 2 aromatic rings. The second kappa shape index (κ2) is 7.17. The molecule has 1 fully saturated rings. The second-order valence-electron chi connectivity index (χ2n) is 5.37. The molecule has 0 saturated carbocycles. The molecule has 0 spiro atoms. The number of nitrogens with one attached hydrogen (secondary N) is 1. The first-order valence-electron chi connectivity index (χ1n) is 7.52. The number of methoxy groups -OCH3 is 1. The van der Waals surface area contributed by atoms with E-state index < -0.39 is 0 Å². The van der Waals surface area contributed by atoms with Gasteiger partial charge in [-0.15, -0.1) is 5.10 Å². The van der Waals surface area contributed by atoms with Crippen LogP contribution in [0.3, 0.4) is 0 Å². The third-order valence-electron chi connectivity index (χ3n) is 3.91. The van der Waals surface area contributed by atoms with Gasteiger partial charge in [-0.25, -0.2) is 9.97 Å². The Morgan fingerprint density at radius 3 is 2.86 bits per heavy atom. The minimum atomic E-state index is 0.447. The van der Waals surface area contributed by atoms with Crippen LogP contribution in [-0.4, -0.2) is 62.6 Å². The van der Waals surface area contributed by atoms with E-state index in [2.05, 4.69) is 30.5 Å². The van der Waals surface area contributed by atoms with Crippen LogP contribution in [0.4, 0.5) is 5.82 Å². The predicted octanol–water partition coefficient (Wildman–Crippen LogP) is 0.653. The predicted molar refractivity (Wildman–Crippen MR) is 81.7 cm³/mol. The molecule has 8 heteroatoms. The zero-order valence-electron chi connectivity index (χ0n) is 12.7. The molecular weight excluding hydrogens is 282 g/mol. The van der Waals surface area contributed by atoms with Gasteiger partial charge in [0, 0.05) is 37.9 Å². The average molecular weight is 303 g/mol. The first kappa shape index (κ1) is 14.7. The summed E-state index contributed by atoms with van der Waals surface area (Å²) in [6.45, 7) is 4.06. The number of ether oxygens (including phenoxy) is 1. The monoisotopic (exact) mass is 303 g/mol. The molecule has 8 nitrogen and oxygen atoms in total. The number of nitrogens with zero attached hydrogens (tertiary/aromatic N) is 6. The van der Waals surface area contributed by atoms with Crippen LogP contribution >= 0.6 is 0 Å². The first-order chi connectivity index (χ1) is 10.8. The molecule has 1 aliphatic heterocycles. The van der Waals surface area contributed by atoms with Crippen molar-refractivity contribution in [3.63, 3.8) is 0 Å². The van der Waals surface area contributed by atoms with Crippen molar-refractivity contribution in [1.29, 1.82) is 0 Å².